The first-order valence-corrected chi connectivity index (χ1v) is 6.52. The number of carbonyl (C=O) groups is 1. The summed E-state index contributed by atoms with van der Waals surface area (Å²) < 4.78 is 44.1. The number of carbonyl (C=O) groups excluding carboxylic acids is 1. The summed E-state index contributed by atoms with van der Waals surface area (Å²) in [7, 11) is 1.20. The van der Waals surface area contributed by atoms with Crippen molar-refractivity contribution in [1.29, 1.82) is 0 Å². The number of halogens is 3. The number of ether oxygens (including phenoxy) is 1. The third-order valence-electron chi connectivity index (χ3n) is 3.14. The Morgan fingerprint density at radius 3 is 2.59 bits per heavy atom. The predicted octanol–water partition coefficient (Wildman–Crippen LogP) is 3.04. The number of amides is 1. The van der Waals surface area contributed by atoms with Gasteiger partial charge in [-0.2, -0.15) is 13.2 Å². The van der Waals surface area contributed by atoms with Crippen molar-refractivity contribution in [1.82, 2.24) is 10.3 Å². The number of aromatic amines is 1. The standard InChI is InChI=1S/C15H15F3N2O2/c1-22-13(14(21)20-9-10-5-4-8-19-10)11-6-2-3-7-12(11)15(16,17)18/h2-8,13,19H,9H2,1H3,(H,20,21). The van der Waals surface area contributed by atoms with Crippen LogP contribution >= 0.6 is 0 Å². The Labute approximate surface area is 125 Å². The summed E-state index contributed by atoms with van der Waals surface area (Å²) in [5.41, 5.74) is -0.342. The van der Waals surface area contributed by atoms with Gasteiger partial charge in [0, 0.05) is 24.6 Å². The molecule has 1 aromatic heterocycles. The van der Waals surface area contributed by atoms with Gasteiger partial charge in [-0.25, -0.2) is 0 Å². The molecule has 2 aromatic rings. The lowest BCUT2D eigenvalue weighted by Gasteiger charge is -2.20. The average Bonchev–Trinajstić information content (AvgIpc) is 2.99. The van der Waals surface area contributed by atoms with Crippen LogP contribution in [-0.4, -0.2) is 18.0 Å². The monoisotopic (exact) mass is 312 g/mol. The molecule has 7 heteroatoms. The van der Waals surface area contributed by atoms with E-state index in [1.165, 1.54) is 25.3 Å². The zero-order valence-corrected chi connectivity index (χ0v) is 11.8. The van der Waals surface area contributed by atoms with E-state index in [-0.39, 0.29) is 12.1 Å². The minimum absolute atomic E-state index is 0.180. The van der Waals surface area contributed by atoms with Crippen molar-refractivity contribution in [3.63, 3.8) is 0 Å². The Hall–Kier alpha value is -2.28. The van der Waals surface area contributed by atoms with Crippen molar-refractivity contribution >= 4 is 5.91 Å². The van der Waals surface area contributed by atoms with Crippen LogP contribution in [-0.2, 0) is 22.3 Å². The average molecular weight is 312 g/mol. The smallest absolute Gasteiger partial charge is 0.367 e. The summed E-state index contributed by atoms with van der Waals surface area (Å²) in [6.07, 6.45) is -4.19. The van der Waals surface area contributed by atoms with E-state index in [9.17, 15) is 18.0 Å². The number of rotatable bonds is 5. The second kappa shape index (κ2) is 6.65. The molecular formula is C15H15F3N2O2. The van der Waals surface area contributed by atoms with Gasteiger partial charge in [0.25, 0.3) is 5.91 Å². The normalized spacial score (nSPS) is 12.9. The highest BCUT2D eigenvalue weighted by molar-refractivity contribution is 5.82. The van der Waals surface area contributed by atoms with Crippen LogP contribution in [0, 0.1) is 0 Å². The number of nitrogens with one attached hydrogen (secondary N) is 2. The molecule has 0 saturated carbocycles. The van der Waals surface area contributed by atoms with E-state index in [0.29, 0.717) is 0 Å². The molecule has 2 rings (SSSR count). The number of methoxy groups -OCH3 is 1. The number of benzene rings is 1. The van der Waals surface area contributed by atoms with Crippen molar-refractivity contribution in [2.75, 3.05) is 7.11 Å². The molecular weight excluding hydrogens is 297 g/mol. The molecule has 1 aromatic carbocycles. The summed E-state index contributed by atoms with van der Waals surface area (Å²) >= 11 is 0. The van der Waals surface area contributed by atoms with Gasteiger partial charge < -0.3 is 15.0 Å². The SMILES string of the molecule is COC(C(=O)NCc1ccc[nH]1)c1ccccc1C(F)(F)F. The fraction of sp³-hybridized carbons (Fsp3) is 0.267. The molecule has 1 unspecified atom stereocenters. The molecule has 0 aliphatic heterocycles. The lowest BCUT2D eigenvalue weighted by atomic mass is 10.0. The van der Waals surface area contributed by atoms with Crippen LogP contribution in [0.5, 0.6) is 0 Å². The molecule has 0 aliphatic carbocycles. The molecule has 1 amide bonds. The van der Waals surface area contributed by atoms with Gasteiger partial charge in [0.05, 0.1) is 12.1 Å². The molecule has 0 saturated heterocycles. The van der Waals surface area contributed by atoms with Crippen LogP contribution in [0.15, 0.2) is 42.6 Å². The zero-order valence-electron chi connectivity index (χ0n) is 11.8. The first-order chi connectivity index (χ1) is 10.4. The molecule has 0 bridgehead atoms. The van der Waals surface area contributed by atoms with Gasteiger partial charge in [0.2, 0.25) is 0 Å². The number of aromatic nitrogens is 1. The maximum atomic E-state index is 13.0. The summed E-state index contributed by atoms with van der Waals surface area (Å²) in [6, 6.07) is 8.40. The second-order valence-corrected chi connectivity index (χ2v) is 4.61. The van der Waals surface area contributed by atoms with Crippen molar-refractivity contribution in [2.24, 2.45) is 0 Å². The number of H-pyrrole nitrogens is 1. The van der Waals surface area contributed by atoms with Gasteiger partial charge in [-0.3, -0.25) is 4.79 Å². The van der Waals surface area contributed by atoms with E-state index in [0.717, 1.165) is 11.8 Å². The van der Waals surface area contributed by atoms with Crippen LogP contribution in [0.25, 0.3) is 0 Å². The molecule has 0 aliphatic rings. The largest absolute Gasteiger partial charge is 0.416 e. The minimum Gasteiger partial charge on any atom is -0.367 e. The van der Waals surface area contributed by atoms with E-state index in [2.05, 4.69) is 10.3 Å². The van der Waals surface area contributed by atoms with Gasteiger partial charge in [-0.1, -0.05) is 18.2 Å². The van der Waals surface area contributed by atoms with Crippen LogP contribution in [0.1, 0.15) is 22.9 Å². The number of hydrogen-bond donors (Lipinski definition) is 2. The summed E-state index contributed by atoms with van der Waals surface area (Å²) in [5.74, 6) is -0.631. The third-order valence-corrected chi connectivity index (χ3v) is 3.14. The van der Waals surface area contributed by atoms with Gasteiger partial charge >= 0.3 is 6.18 Å². The lowest BCUT2D eigenvalue weighted by Crippen LogP contribution is -2.31. The van der Waals surface area contributed by atoms with Crippen LogP contribution in [0.2, 0.25) is 0 Å². The molecule has 22 heavy (non-hydrogen) atoms. The molecule has 0 spiro atoms. The van der Waals surface area contributed by atoms with E-state index < -0.39 is 23.8 Å². The van der Waals surface area contributed by atoms with E-state index >= 15 is 0 Å². The highest BCUT2D eigenvalue weighted by atomic mass is 19.4. The van der Waals surface area contributed by atoms with E-state index in [4.69, 9.17) is 4.74 Å². The molecule has 0 fully saturated rings. The first-order valence-electron chi connectivity index (χ1n) is 6.52. The van der Waals surface area contributed by atoms with Crippen molar-refractivity contribution in [2.45, 2.75) is 18.8 Å². The second-order valence-electron chi connectivity index (χ2n) is 4.61. The summed E-state index contributed by atoms with van der Waals surface area (Å²) in [4.78, 5) is 15.0. The Balaban J connectivity index is 2.19. The van der Waals surface area contributed by atoms with Crippen LogP contribution in [0.4, 0.5) is 13.2 Å². The molecule has 1 atom stereocenters. The van der Waals surface area contributed by atoms with Crippen molar-refractivity contribution in [3.05, 3.63) is 59.4 Å². The van der Waals surface area contributed by atoms with Gasteiger partial charge in [0.15, 0.2) is 6.10 Å². The molecule has 2 N–H and O–H groups in total. The number of alkyl halides is 3. The van der Waals surface area contributed by atoms with Gasteiger partial charge in [0.1, 0.15) is 0 Å². The lowest BCUT2D eigenvalue weighted by molar-refractivity contribution is -0.141. The highest BCUT2D eigenvalue weighted by Gasteiger charge is 2.36. The Morgan fingerprint density at radius 1 is 1.27 bits per heavy atom. The molecule has 118 valence electrons. The Morgan fingerprint density at radius 2 is 2.00 bits per heavy atom. The van der Waals surface area contributed by atoms with Gasteiger partial charge in [-0.05, 0) is 18.2 Å². The number of hydrogen-bond acceptors (Lipinski definition) is 2. The van der Waals surface area contributed by atoms with E-state index in [1.54, 1.807) is 18.3 Å². The van der Waals surface area contributed by atoms with Crippen LogP contribution in [0.3, 0.4) is 0 Å². The molecule has 0 radical (unpaired) electrons. The van der Waals surface area contributed by atoms with Crippen molar-refractivity contribution < 1.29 is 22.7 Å². The van der Waals surface area contributed by atoms with Crippen LogP contribution < -0.4 is 5.32 Å². The van der Waals surface area contributed by atoms with E-state index in [1.807, 2.05) is 0 Å². The fourth-order valence-corrected chi connectivity index (χ4v) is 2.11. The topological polar surface area (TPSA) is 54.1 Å². The first kappa shape index (κ1) is 16.1. The maximum Gasteiger partial charge on any atom is 0.416 e. The fourth-order valence-electron chi connectivity index (χ4n) is 2.11. The summed E-state index contributed by atoms with van der Waals surface area (Å²) in [6.45, 7) is 0.180. The van der Waals surface area contributed by atoms with Gasteiger partial charge in [-0.15, -0.1) is 0 Å². The summed E-state index contributed by atoms with van der Waals surface area (Å²) in [5, 5.41) is 2.55. The Kier molecular flexibility index (Phi) is 4.87. The predicted molar refractivity (Wildman–Crippen MR) is 73.8 cm³/mol. The minimum atomic E-state index is -4.55. The quantitative estimate of drug-likeness (QED) is 0.891. The molecule has 1 heterocycles. The Bertz CT molecular complexity index is 624. The molecule has 4 nitrogen and oxygen atoms in total. The highest BCUT2D eigenvalue weighted by Crippen LogP contribution is 2.35. The zero-order chi connectivity index (χ0) is 16.2. The van der Waals surface area contributed by atoms with Crippen molar-refractivity contribution in [3.8, 4) is 0 Å². The third kappa shape index (κ3) is 3.67. The maximum absolute atomic E-state index is 13.0.